The molecule has 9 rings (SSSR count). The zero-order valence-electron chi connectivity index (χ0n) is 35.5. The molecule has 4 atom stereocenters. The second kappa shape index (κ2) is 16.5. The molecule has 0 spiro atoms. The van der Waals surface area contributed by atoms with E-state index in [1.54, 1.807) is 37.4 Å². The van der Waals surface area contributed by atoms with Gasteiger partial charge in [-0.25, -0.2) is 33.5 Å². The largest absolute Gasteiger partial charge is 0.503 e. The van der Waals surface area contributed by atoms with Crippen LogP contribution in [0.2, 0.25) is 15.1 Å². The Morgan fingerprint density at radius 2 is 1.58 bits per heavy atom. The van der Waals surface area contributed by atoms with E-state index >= 15 is 9.59 Å². The number of rotatable bonds is 10. The van der Waals surface area contributed by atoms with Crippen LogP contribution in [0.15, 0.2) is 86.8 Å². The van der Waals surface area contributed by atoms with E-state index in [1.807, 2.05) is 0 Å². The number of hydrogen-bond acceptors (Lipinski definition) is 12. The number of alkyl halides is 3. The predicted molar refractivity (Wildman–Crippen MR) is 237 cm³/mol. The third kappa shape index (κ3) is 7.02. The number of aryl methyl sites for hydroxylation is 2. The number of ether oxygens (including phenoxy) is 3. The second-order valence-corrected chi connectivity index (χ2v) is 17.3. The molecule has 2 aliphatic heterocycles. The number of hydrogen-bond donors (Lipinski definition) is 2. The smallest absolute Gasteiger partial charge is 0.417 e. The summed E-state index contributed by atoms with van der Waals surface area (Å²) in [4.78, 5) is 81.4. The van der Waals surface area contributed by atoms with Gasteiger partial charge in [-0.15, -0.1) is 0 Å². The fourth-order valence-electron chi connectivity index (χ4n) is 9.66. The monoisotopic (exact) mass is 982 g/mol. The lowest BCUT2D eigenvalue weighted by atomic mass is 9.53. The number of allylic oxidation sites excluding steroid dienone is 2. The average Bonchev–Trinajstić information content (AvgIpc) is 3.67. The number of halogens is 6. The molecular weight excluding hydrogens is 948 g/mol. The number of anilines is 1. The Kier molecular flexibility index (Phi) is 11.2. The van der Waals surface area contributed by atoms with Crippen molar-refractivity contribution in [1.82, 2.24) is 33.5 Å². The summed E-state index contributed by atoms with van der Waals surface area (Å²) in [5, 5.41) is 11.1. The SMILES string of the molecule is COc1cc2nc(CCn3c(=O)n4n(c3=O)C3CC5C(=O)N(Nc6ncc(C(F)(F)F)cc6Cl)C(=O)C5(c5ccc(Cl)cc5)C(c5cc(Cl)c(O)c(OC)c5)C3=CC4)c(=O)n(C)c2cc1OC. The summed E-state index contributed by atoms with van der Waals surface area (Å²) in [5.74, 6) is -4.59. The predicted octanol–water partition coefficient (Wildman–Crippen LogP) is 6.03. The summed E-state index contributed by atoms with van der Waals surface area (Å²) in [7, 11) is 5.74. The van der Waals surface area contributed by atoms with Crippen LogP contribution in [-0.4, -0.2) is 71.7 Å². The van der Waals surface area contributed by atoms with Gasteiger partial charge in [0, 0.05) is 49.3 Å². The summed E-state index contributed by atoms with van der Waals surface area (Å²) in [5.41, 5.74) is -0.727. The van der Waals surface area contributed by atoms with Crippen LogP contribution in [-0.2, 0) is 47.7 Å². The number of nitrogens with one attached hydrogen (secondary N) is 1. The van der Waals surface area contributed by atoms with Crippen LogP contribution in [0, 0.1) is 5.92 Å². The molecule has 5 heterocycles. The first-order valence-electron chi connectivity index (χ1n) is 20.3. The Hall–Kier alpha value is -6.77. The Bertz CT molecular complexity index is 3300. The molecule has 17 nitrogen and oxygen atoms in total. The van der Waals surface area contributed by atoms with Crippen LogP contribution in [0.1, 0.15) is 40.8 Å². The summed E-state index contributed by atoms with van der Waals surface area (Å²) in [6, 6.07) is 11.7. The number of aromatic nitrogens is 6. The van der Waals surface area contributed by atoms with Crippen molar-refractivity contribution in [3.05, 3.63) is 141 Å². The highest BCUT2D eigenvalue weighted by Gasteiger charge is 2.69. The van der Waals surface area contributed by atoms with E-state index in [0.29, 0.717) is 45.4 Å². The molecule has 1 saturated carbocycles. The number of benzene rings is 3. The number of carbonyl (C=O) groups is 2. The van der Waals surface area contributed by atoms with Crippen LogP contribution >= 0.6 is 34.8 Å². The van der Waals surface area contributed by atoms with Crippen LogP contribution in [0.5, 0.6) is 23.0 Å². The number of nitrogens with zero attached hydrogens (tertiary/aromatic N) is 7. The molecule has 0 radical (unpaired) electrons. The lowest BCUT2D eigenvalue weighted by Crippen LogP contribution is -2.53. The highest BCUT2D eigenvalue weighted by atomic mass is 35.5. The van der Waals surface area contributed by atoms with Crippen molar-refractivity contribution in [3.63, 3.8) is 0 Å². The van der Waals surface area contributed by atoms with Gasteiger partial charge in [-0.2, -0.15) is 18.2 Å². The molecule has 3 aliphatic rings. The number of imide groups is 1. The molecule has 4 unspecified atom stereocenters. The van der Waals surface area contributed by atoms with Crippen molar-refractivity contribution in [1.29, 1.82) is 0 Å². The van der Waals surface area contributed by atoms with E-state index in [2.05, 4.69) is 15.4 Å². The number of hydrazine groups is 1. The normalized spacial score (nSPS) is 20.1. The molecule has 23 heteroatoms. The lowest BCUT2D eigenvalue weighted by molar-refractivity contribution is -0.139. The van der Waals surface area contributed by atoms with Gasteiger partial charge in [0.1, 0.15) is 5.69 Å². The Morgan fingerprint density at radius 1 is 0.896 bits per heavy atom. The maximum atomic E-state index is 15.5. The van der Waals surface area contributed by atoms with Gasteiger partial charge in [-0.3, -0.25) is 19.8 Å². The van der Waals surface area contributed by atoms with E-state index in [-0.39, 0.29) is 58.5 Å². The molecule has 2 amide bonds. The van der Waals surface area contributed by atoms with E-state index < -0.39 is 80.4 Å². The van der Waals surface area contributed by atoms with E-state index in [1.165, 1.54) is 59.5 Å². The van der Waals surface area contributed by atoms with Gasteiger partial charge in [-0.05, 0) is 53.5 Å². The number of amides is 2. The zero-order chi connectivity index (χ0) is 48.0. The van der Waals surface area contributed by atoms with Crippen molar-refractivity contribution < 1.29 is 42.1 Å². The van der Waals surface area contributed by atoms with Crippen molar-refractivity contribution in [2.45, 2.75) is 49.5 Å². The van der Waals surface area contributed by atoms with E-state index in [4.69, 9.17) is 49.0 Å². The van der Waals surface area contributed by atoms with Gasteiger partial charge in [0.05, 0.1) is 71.9 Å². The van der Waals surface area contributed by atoms with Gasteiger partial charge >= 0.3 is 17.6 Å². The number of pyridine rings is 1. The molecule has 1 saturated heterocycles. The Balaban J connectivity index is 1.19. The average molecular weight is 984 g/mol. The minimum Gasteiger partial charge on any atom is -0.503 e. The first-order valence-corrected chi connectivity index (χ1v) is 21.4. The molecular formula is C44H36Cl3F3N8O9. The number of aromatic hydroxyl groups is 1. The highest BCUT2D eigenvalue weighted by Crippen LogP contribution is 2.62. The number of phenols is 1. The molecule has 1 aliphatic carbocycles. The fraction of sp³-hybridized carbons (Fsp3) is 0.295. The molecule has 0 bridgehead atoms. The van der Waals surface area contributed by atoms with E-state index in [9.17, 15) is 32.7 Å². The van der Waals surface area contributed by atoms with Crippen LogP contribution in [0.4, 0.5) is 19.0 Å². The van der Waals surface area contributed by atoms with Crippen molar-refractivity contribution in [2.75, 3.05) is 26.8 Å². The number of phenolic OH excluding ortho intramolecular Hbond substituents is 1. The van der Waals surface area contributed by atoms with Gasteiger partial charge in [0.2, 0.25) is 0 Å². The first-order chi connectivity index (χ1) is 31.8. The quantitative estimate of drug-likeness (QED) is 0.120. The van der Waals surface area contributed by atoms with Crippen molar-refractivity contribution in [2.24, 2.45) is 13.0 Å². The molecule has 67 heavy (non-hydrogen) atoms. The molecule has 2 fully saturated rings. The minimum absolute atomic E-state index is 0.0513. The minimum atomic E-state index is -4.81. The zero-order valence-corrected chi connectivity index (χ0v) is 37.8. The highest BCUT2D eigenvalue weighted by molar-refractivity contribution is 6.33. The summed E-state index contributed by atoms with van der Waals surface area (Å²) >= 11 is 19.3. The molecule has 3 aromatic carbocycles. The van der Waals surface area contributed by atoms with Crippen molar-refractivity contribution in [3.8, 4) is 23.0 Å². The van der Waals surface area contributed by atoms with Gasteiger partial charge < -0.3 is 23.9 Å². The maximum absolute atomic E-state index is 15.5. The molecule has 348 valence electrons. The maximum Gasteiger partial charge on any atom is 0.417 e. The first kappa shape index (κ1) is 45.4. The summed E-state index contributed by atoms with van der Waals surface area (Å²) in [6.45, 7) is -0.476. The number of methoxy groups -OCH3 is 3. The third-order valence-corrected chi connectivity index (χ3v) is 13.6. The standard InChI is InChI=1S/C44H36Cl3F3N8O9/c1-54-31-18-33(66-3)32(65-2)17-29(31)52-28(39(54)61)10-11-55-41(63)56-12-9-24-30(58(56)42(55)64)16-25-38(60)57(53-37-27(47)15-22(19-51-37)44(48,49)50)40(62)43(25,21-5-7-23(45)8-6-21)35(24)20-13-26(46)36(59)34(14-20)67-4/h5-9,13-15,17-19,25,30,35,59H,10-12,16H2,1-4H3,(H,51,53). The second-order valence-electron chi connectivity index (χ2n) is 16.0. The van der Waals surface area contributed by atoms with Crippen molar-refractivity contribution >= 4 is 63.5 Å². The third-order valence-electron chi connectivity index (χ3n) is 12.7. The Labute approximate surface area is 391 Å². The van der Waals surface area contributed by atoms with Crippen LogP contribution < -0.4 is 36.6 Å². The van der Waals surface area contributed by atoms with Gasteiger partial charge in [-0.1, -0.05) is 53.0 Å². The topological polar surface area (TPSA) is 194 Å². The fourth-order valence-corrected chi connectivity index (χ4v) is 10.2. The van der Waals surface area contributed by atoms with Gasteiger partial charge in [0.15, 0.2) is 28.8 Å². The Morgan fingerprint density at radius 3 is 2.24 bits per heavy atom. The molecule has 2 N–H and O–H groups in total. The van der Waals surface area contributed by atoms with Gasteiger partial charge in [0.25, 0.3) is 17.4 Å². The number of fused-ring (bicyclic) bond motifs is 5. The van der Waals surface area contributed by atoms with E-state index in [0.717, 1.165) is 4.57 Å². The number of carbonyl (C=O) groups excluding carboxylic acids is 2. The molecule has 3 aromatic heterocycles. The van der Waals surface area contributed by atoms with Crippen LogP contribution in [0.25, 0.3) is 11.0 Å². The summed E-state index contributed by atoms with van der Waals surface area (Å²) < 4.78 is 61.8. The molecule has 6 aromatic rings. The lowest BCUT2D eigenvalue weighted by Gasteiger charge is -2.49. The van der Waals surface area contributed by atoms with Crippen LogP contribution in [0.3, 0.4) is 0 Å². The summed E-state index contributed by atoms with van der Waals surface area (Å²) in [6.07, 6.45) is -3.06.